The van der Waals surface area contributed by atoms with Crippen molar-refractivity contribution in [1.29, 1.82) is 0 Å². The van der Waals surface area contributed by atoms with E-state index in [1.807, 2.05) is 0 Å². The van der Waals surface area contributed by atoms with Gasteiger partial charge in [-0.3, -0.25) is 0 Å². The van der Waals surface area contributed by atoms with Crippen molar-refractivity contribution in [2.75, 3.05) is 0 Å². The zero-order chi connectivity index (χ0) is 0. The van der Waals surface area contributed by atoms with Gasteiger partial charge >= 0.3 is 18.9 Å². The molecule has 0 aliphatic heterocycles. The van der Waals surface area contributed by atoms with E-state index in [-0.39, 0.29) is 83.1 Å². The summed E-state index contributed by atoms with van der Waals surface area (Å²) >= 11 is 0. The minimum absolute atomic E-state index is 0. The Morgan fingerprint density at radius 1 is 0.833 bits per heavy atom. The van der Waals surface area contributed by atoms with Crippen molar-refractivity contribution < 1.29 is 39.8 Å². The second kappa shape index (κ2) is 61.4. The Labute approximate surface area is 82.6 Å². The van der Waals surface area contributed by atoms with Crippen LogP contribution < -0.4 is 25.0 Å². The molecule has 6 heavy (non-hydrogen) atoms. The fourth-order valence-electron chi connectivity index (χ4n) is 0. The average molecular weight is 200 g/mol. The first-order valence-corrected chi connectivity index (χ1v) is 0. The van der Waals surface area contributed by atoms with Crippen LogP contribution in [0.2, 0.25) is 0 Å². The number of halogens is 3. The second-order valence-electron chi connectivity index (χ2n) is 0. The molecule has 0 saturated carbocycles. The van der Waals surface area contributed by atoms with E-state index in [0.717, 1.165) is 0 Å². The topological polar surface area (TPSA) is 35.0 Å². The van der Waals surface area contributed by atoms with E-state index in [1.165, 1.54) is 0 Å². The molecule has 0 rings (SSSR count). The van der Waals surface area contributed by atoms with Crippen LogP contribution in [0.4, 0.5) is 0 Å². The van der Waals surface area contributed by atoms with Crippen LogP contribution >= 0.6 is 37.2 Å². The van der Waals surface area contributed by atoms with Crippen molar-refractivity contribution in [3.05, 3.63) is 0 Å². The second-order valence-corrected chi connectivity index (χ2v) is 0. The third-order valence-corrected chi connectivity index (χ3v) is 0. The fraction of sp³-hybridized carbons (Fsp3) is 0. The van der Waals surface area contributed by atoms with Crippen molar-refractivity contribution in [1.82, 2.24) is 6.15 Å². The smallest absolute Gasteiger partial charge is 1.00 e. The van der Waals surface area contributed by atoms with Crippen LogP contribution in [-0.4, -0.2) is 0 Å². The van der Waals surface area contributed by atoms with E-state index in [4.69, 9.17) is 0 Å². The van der Waals surface area contributed by atoms with Gasteiger partial charge in [-0.25, -0.2) is 0 Å². The molecule has 0 atom stereocenters. The SMILES string of the molecule is Cl.Cl.Cl.N.[H-].[Li+].[Zn]. The predicted octanol–water partition coefficient (Wildman–Crippen LogP) is -1.46. The van der Waals surface area contributed by atoms with E-state index in [9.17, 15) is 0 Å². The van der Waals surface area contributed by atoms with Gasteiger partial charge in [-0.1, -0.05) is 0 Å². The molecule has 36 valence electrons. The molecule has 0 aromatic rings. The summed E-state index contributed by atoms with van der Waals surface area (Å²) in [7, 11) is 0. The van der Waals surface area contributed by atoms with Crippen LogP contribution in [0.25, 0.3) is 0 Å². The van der Waals surface area contributed by atoms with Gasteiger partial charge in [0.2, 0.25) is 0 Å². The Morgan fingerprint density at radius 3 is 0.833 bits per heavy atom. The first kappa shape index (κ1) is 95.2. The summed E-state index contributed by atoms with van der Waals surface area (Å²) in [4.78, 5) is 0. The van der Waals surface area contributed by atoms with Gasteiger partial charge in [0.25, 0.3) is 0 Å². The molecule has 3 N–H and O–H groups in total. The molecule has 0 aliphatic rings. The third kappa shape index (κ3) is 36.7. The van der Waals surface area contributed by atoms with Crippen LogP contribution in [0.1, 0.15) is 1.43 Å². The summed E-state index contributed by atoms with van der Waals surface area (Å²) in [5, 5.41) is 0. The van der Waals surface area contributed by atoms with Crippen molar-refractivity contribution in [3.63, 3.8) is 0 Å². The fourth-order valence-corrected chi connectivity index (χ4v) is 0. The Hall–Kier alpha value is 2.05. The van der Waals surface area contributed by atoms with E-state index >= 15 is 0 Å². The molecule has 0 saturated heterocycles. The zero-order valence-electron chi connectivity index (χ0n) is 4.64. The van der Waals surface area contributed by atoms with Crippen LogP contribution in [0, 0.1) is 0 Å². The van der Waals surface area contributed by atoms with Gasteiger partial charge in [-0.05, 0) is 0 Å². The molecule has 0 unspecified atom stereocenters. The predicted molar refractivity (Wildman–Crippen MR) is 27.9 cm³/mol. The molecule has 0 heterocycles. The Kier molecular flexibility index (Phi) is 974. The van der Waals surface area contributed by atoms with Gasteiger partial charge in [0.05, 0.1) is 0 Å². The van der Waals surface area contributed by atoms with E-state index in [2.05, 4.69) is 0 Å². The van der Waals surface area contributed by atoms with Gasteiger partial charge in [-0.2, -0.15) is 0 Å². The van der Waals surface area contributed by atoms with Crippen molar-refractivity contribution in [3.8, 4) is 0 Å². The summed E-state index contributed by atoms with van der Waals surface area (Å²) in [5.74, 6) is 0. The van der Waals surface area contributed by atoms with E-state index in [0.29, 0.717) is 0 Å². The molecule has 0 radical (unpaired) electrons. The largest absolute Gasteiger partial charge is 1.00 e. The molecule has 6 heteroatoms. The Bertz CT molecular complexity index is 14.9. The van der Waals surface area contributed by atoms with Gasteiger partial charge < -0.3 is 7.58 Å². The van der Waals surface area contributed by atoms with Crippen LogP contribution in [0.5, 0.6) is 0 Å². The molecular weight excluding hydrogens is 193 g/mol. The average Bonchev–Trinajstić information content (AvgIpc) is 0. The number of hydrogen-bond donors (Lipinski definition) is 1. The van der Waals surface area contributed by atoms with E-state index < -0.39 is 0 Å². The van der Waals surface area contributed by atoms with Crippen LogP contribution in [-0.2, 0) is 19.5 Å². The summed E-state index contributed by atoms with van der Waals surface area (Å²) in [6.45, 7) is 0. The Morgan fingerprint density at radius 2 is 0.833 bits per heavy atom. The Balaban J connectivity index is 0. The molecule has 0 fully saturated rings. The zero-order valence-corrected chi connectivity index (χ0v) is 9.06. The summed E-state index contributed by atoms with van der Waals surface area (Å²) < 4.78 is 0. The number of rotatable bonds is 0. The maximum atomic E-state index is 0. The van der Waals surface area contributed by atoms with Crippen molar-refractivity contribution in [2.24, 2.45) is 0 Å². The van der Waals surface area contributed by atoms with Crippen LogP contribution in [0.3, 0.4) is 0 Å². The minimum Gasteiger partial charge on any atom is -1.00 e. The monoisotopic (exact) mass is 197 g/mol. The normalized spacial score (nSPS) is 0. The minimum atomic E-state index is 0. The summed E-state index contributed by atoms with van der Waals surface area (Å²) in [6.07, 6.45) is 0. The van der Waals surface area contributed by atoms with Gasteiger partial charge in [0.1, 0.15) is 0 Å². The first-order valence-electron chi connectivity index (χ1n) is 0. The standard InChI is InChI=1S/3ClH.Li.H3N.Zn.H/h3*1H;;1H3;;/q;;;+1;;;-1. The molecule has 0 spiro atoms. The molecule has 0 amide bonds. The number of hydrogen-bond acceptors (Lipinski definition) is 1. The molecular formula is H7Cl3LiNZn. The van der Waals surface area contributed by atoms with Gasteiger partial charge in [-0.15, -0.1) is 37.2 Å². The summed E-state index contributed by atoms with van der Waals surface area (Å²) in [6, 6.07) is 0. The summed E-state index contributed by atoms with van der Waals surface area (Å²) in [5.41, 5.74) is 0. The molecule has 0 bridgehead atoms. The van der Waals surface area contributed by atoms with Gasteiger partial charge in [0, 0.05) is 19.5 Å². The molecule has 0 aromatic carbocycles. The molecule has 1 nitrogen and oxygen atoms in total. The van der Waals surface area contributed by atoms with Crippen LogP contribution in [0.15, 0.2) is 0 Å². The molecule has 0 aromatic heterocycles. The maximum Gasteiger partial charge on any atom is 1.00 e. The van der Waals surface area contributed by atoms with Crippen molar-refractivity contribution >= 4 is 37.2 Å². The van der Waals surface area contributed by atoms with Crippen molar-refractivity contribution in [2.45, 2.75) is 0 Å². The van der Waals surface area contributed by atoms with Gasteiger partial charge in [0.15, 0.2) is 0 Å². The molecule has 0 aliphatic carbocycles. The maximum absolute atomic E-state index is 0. The van der Waals surface area contributed by atoms with E-state index in [1.54, 1.807) is 0 Å². The first-order chi connectivity index (χ1) is 0. The quantitative estimate of drug-likeness (QED) is 0.476. The third-order valence-electron chi connectivity index (χ3n) is 0.